The maximum atomic E-state index is 13.9. The molecule has 4 rings (SSSR count). The Labute approximate surface area is 251 Å². The first-order valence-electron chi connectivity index (χ1n) is 14.0. The highest BCUT2D eigenvalue weighted by atomic mass is 79.9. The molecule has 8 heteroatoms. The van der Waals surface area contributed by atoms with E-state index in [0.717, 1.165) is 51.8 Å². The summed E-state index contributed by atoms with van der Waals surface area (Å²) in [6, 6.07) is 13.5. The minimum atomic E-state index is -0.552. The Morgan fingerprint density at radius 1 is 1.23 bits per heavy atom. The summed E-state index contributed by atoms with van der Waals surface area (Å²) in [5.41, 5.74) is 2.64. The standard InChI is InChI=1S/C32H39BrClN3O3/c1-20-9-8-16-37(19-20)30-21(2)29(25-17-23(33)13-14-27(25)36-30)31(39)35-18-22(24-10-6-7-11-26(24)34)12-15-28(38)40-32(3,4)5/h6-7,10-11,13-14,17,20,22H,8-9,12,15-16,18-19H2,1-5H3,(H,35,39). The highest BCUT2D eigenvalue weighted by Crippen LogP contribution is 2.33. The lowest BCUT2D eigenvalue weighted by Gasteiger charge is -2.33. The predicted molar refractivity (Wildman–Crippen MR) is 166 cm³/mol. The second-order valence-electron chi connectivity index (χ2n) is 11.8. The number of hydrogen-bond donors (Lipinski definition) is 1. The number of carbonyl (C=O) groups excluding carboxylic acids is 2. The summed E-state index contributed by atoms with van der Waals surface area (Å²) in [7, 11) is 0. The van der Waals surface area contributed by atoms with Crippen molar-refractivity contribution in [3.05, 3.63) is 68.7 Å². The zero-order valence-electron chi connectivity index (χ0n) is 24.0. The summed E-state index contributed by atoms with van der Waals surface area (Å²) in [5.74, 6) is 0.863. The van der Waals surface area contributed by atoms with E-state index in [2.05, 4.69) is 33.1 Å². The molecule has 2 atom stereocenters. The minimum Gasteiger partial charge on any atom is -0.460 e. The summed E-state index contributed by atoms with van der Waals surface area (Å²) < 4.78 is 6.42. The number of fused-ring (bicyclic) bond motifs is 1. The van der Waals surface area contributed by atoms with E-state index in [9.17, 15) is 9.59 Å². The third-order valence-corrected chi connectivity index (χ3v) is 8.16. The van der Waals surface area contributed by atoms with E-state index < -0.39 is 5.60 Å². The summed E-state index contributed by atoms with van der Waals surface area (Å²) in [6.07, 6.45) is 3.04. The van der Waals surface area contributed by atoms with Gasteiger partial charge in [0.05, 0.1) is 11.1 Å². The Kier molecular flexibility index (Phi) is 9.78. The summed E-state index contributed by atoms with van der Waals surface area (Å²) in [6.45, 7) is 12.0. The van der Waals surface area contributed by atoms with Crippen molar-refractivity contribution < 1.29 is 14.3 Å². The number of ether oxygens (including phenoxy) is 1. The Bertz CT molecular complexity index is 1390. The monoisotopic (exact) mass is 627 g/mol. The van der Waals surface area contributed by atoms with Gasteiger partial charge in [0.25, 0.3) is 5.91 Å². The molecule has 1 fully saturated rings. The zero-order chi connectivity index (χ0) is 29.0. The molecule has 0 bridgehead atoms. The van der Waals surface area contributed by atoms with Gasteiger partial charge < -0.3 is 15.0 Å². The van der Waals surface area contributed by atoms with E-state index in [-0.39, 0.29) is 24.2 Å². The maximum Gasteiger partial charge on any atom is 0.306 e. The molecule has 3 aromatic rings. The van der Waals surface area contributed by atoms with Crippen LogP contribution in [-0.2, 0) is 9.53 Å². The second kappa shape index (κ2) is 12.9. The molecule has 214 valence electrons. The van der Waals surface area contributed by atoms with Gasteiger partial charge in [-0.15, -0.1) is 0 Å². The Hall–Kier alpha value is -2.64. The van der Waals surface area contributed by atoms with E-state index in [4.69, 9.17) is 21.3 Å². The number of carbonyl (C=O) groups is 2. The number of esters is 1. The van der Waals surface area contributed by atoms with Crippen molar-refractivity contribution in [1.82, 2.24) is 10.3 Å². The van der Waals surface area contributed by atoms with Crippen LogP contribution in [0.15, 0.2) is 46.9 Å². The molecule has 0 radical (unpaired) electrons. The summed E-state index contributed by atoms with van der Waals surface area (Å²) >= 11 is 10.1. The van der Waals surface area contributed by atoms with Crippen molar-refractivity contribution in [2.75, 3.05) is 24.5 Å². The van der Waals surface area contributed by atoms with Gasteiger partial charge in [-0.1, -0.05) is 52.7 Å². The first-order valence-corrected chi connectivity index (χ1v) is 15.2. The number of piperidine rings is 1. The molecular formula is C32H39BrClN3O3. The number of anilines is 1. The van der Waals surface area contributed by atoms with Gasteiger partial charge in [0, 0.05) is 52.4 Å². The quantitative estimate of drug-likeness (QED) is 0.258. The molecule has 2 unspecified atom stereocenters. The molecule has 1 aliphatic rings. The van der Waals surface area contributed by atoms with Gasteiger partial charge >= 0.3 is 5.97 Å². The van der Waals surface area contributed by atoms with Crippen LogP contribution in [0.3, 0.4) is 0 Å². The largest absolute Gasteiger partial charge is 0.460 e. The van der Waals surface area contributed by atoms with E-state index in [1.54, 1.807) is 0 Å². The van der Waals surface area contributed by atoms with Crippen LogP contribution in [-0.4, -0.2) is 42.1 Å². The lowest BCUT2D eigenvalue weighted by Crippen LogP contribution is -2.36. The Morgan fingerprint density at radius 2 is 1.98 bits per heavy atom. The number of benzene rings is 2. The zero-order valence-corrected chi connectivity index (χ0v) is 26.4. The van der Waals surface area contributed by atoms with Crippen LogP contribution in [0, 0.1) is 12.8 Å². The molecule has 1 saturated heterocycles. The fraction of sp³-hybridized carbons (Fsp3) is 0.469. The molecule has 0 saturated carbocycles. The minimum absolute atomic E-state index is 0.160. The molecule has 1 amide bonds. The van der Waals surface area contributed by atoms with Gasteiger partial charge in [-0.25, -0.2) is 4.98 Å². The number of rotatable bonds is 8. The van der Waals surface area contributed by atoms with Crippen LogP contribution in [0.25, 0.3) is 10.9 Å². The molecular weight excluding hydrogens is 590 g/mol. The van der Waals surface area contributed by atoms with Gasteiger partial charge in [-0.3, -0.25) is 9.59 Å². The fourth-order valence-electron chi connectivity index (χ4n) is 5.46. The fourth-order valence-corrected chi connectivity index (χ4v) is 6.11. The van der Waals surface area contributed by atoms with Crippen molar-refractivity contribution >= 4 is 56.1 Å². The molecule has 0 spiro atoms. The van der Waals surface area contributed by atoms with Crippen LogP contribution in [0.2, 0.25) is 5.02 Å². The number of nitrogens with one attached hydrogen (secondary N) is 1. The Balaban J connectivity index is 1.63. The third kappa shape index (κ3) is 7.55. The lowest BCUT2D eigenvalue weighted by atomic mass is 9.93. The van der Waals surface area contributed by atoms with Gasteiger partial charge in [-0.05, 0) is 82.7 Å². The SMILES string of the molecule is Cc1c(N2CCCC(C)C2)nc2ccc(Br)cc2c1C(=O)NCC(CCC(=O)OC(C)(C)C)c1ccccc1Cl. The average Bonchev–Trinajstić information content (AvgIpc) is 2.88. The number of hydrogen-bond acceptors (Lipinski definition) is 5. The second-order valence-corrected chi connectivity index (χ2v) is 13.2. The van der Waals surface area contributed by atoms with Crippen LogP contribution < -0.4 is 10.2 Å². The van der Waals surface area contributed by atoms with E-state index in [1.807, 2.05) is 70.2 Å². The normalized spacial score (nSPS) is 16.6. The van der Waals surface area contributed by atoms with Crippen molar-refractivity contribution in [3.8, 4) is 0 Å². The van der Waals surface area contributed by atoms with Crippen molar-refractivity contribution in [2.45, 2.75) is 71.8 Å². The number of nitrogens with zero attached hydrogens (tertiary/aromatic N) is 2. The summed E-state index contributed by atoms with van der Waals surface area (Å²) in [5, 5.41) is 4.60. The molecule has 2 heterocycles. The topological polar surface area (TPSA) is 71.5 Å². The van der Waals surface area contributed by atoms with Crippen molar-refractivity contribution in [2.24, 2.45) is 5.92 Å². The Morgan fingerprint density at radius 3 is 2.67 bits per heavy atom. The van der Waals surface area contributed by atoms with E-state index >= 15 is 0 Å². The molecule has 40 heavy (non-hydrogen) atoms. The van der Waals surface area contributed by atoms with Gasteiger partial charge in [0.1, 0.15) is 11.4 Å². The number of halogens is 2. The predicted octanol–water partition coefficient (Wildman–Crippen LogP) is 7.83. The maximum absolute atomic E-state index is 13.9. The molecule has 1 N–H and O–H groups in total. The molecule has 1 aliphatic heterocycles. The number of aromatic nitrogens is 1. The smallest absolute Gasteiger partial charge is 0.306 e. The van der Waals surface area contributed by atoms with Crippen molar-refractivity contribution in [3.63, 3.8) is 0 Å². The van der Waals surface area contributed by atoms with E-state index in [0.29, 0.717) is 29.5 Å². The van der Waals surface area contributed by atoms with Crippen LogP contribution in [0.5, 0.6) is 0 Å². The number of pyridine rings is 1. The average molecular weight is 629 g/mol. The van der Waals surface area contributed by atoms with Gasteiger partial charge in [0.15, 0.2) is 0 Å². The van der Waals surface area contributed by atoms with Crippen LogP contribution >= 0.6 is 27.5 Å². The molecule has 0 aliphatic carbocycles. The van der Waals surface area contributed by atoms with E-state index in [1.165, 1.54) is 6.42 Å². The lowest BCUT2D eigenvalue weighted by molar-refractivity contribution is -0.155. The van der Waals surface area contributed by atoms with Gasteiger partial charge in [-0.2, -0.15) is 0 Å². The summed E-state index contributed by atoms with van der Waals surface area (Å²) in [4.78, 5) is 33.8. The third-order valence-electron chi connectivity index (χ3n) is 7.32. The van der Waals surface area contributed by atoms with Crippen molar-refractivity contribution in [1.29, 1.82) is 0 Å². The van der Waals surface area contributed by atoms with Crippen LogP contribution in [0.4, 0.5) is 5.82 Å². The highest BCUT2D eigenvalue weighted by molar-refractivity contribution is 9.10. The van der Waals surface area contributed by atoms with Gasteiger partial charge in [0.2, 0.25) is 0 Å². The van der Waals surface area contributed by atoms with Crippen LogP contribution in [0.1, 0.15) is 80.8 Å². The molecule has 6 nitrogen and oxygen atoms in total. The number of amides is 1. The molecule has 1 aromatic heterocycles. The highest BCUT2D eigenvalue weighted by Gasteiger charge is 2.26. The first kappa shape index (κ1) is 30.3. The first-order chi connectivity index (χ1) is 18.9. The molecule has 2 aromatic carbocycles.